The highest BCUT2D eigenvalue weighted by molar-refractivity contribution is 5.97. The van der Waals surface area contributed by atoms with Gasteiger partial charge in [0.05, 0.1) is 6.61 Å². The molecular weight excluding hydrogens is 508 g/mol. The van der Waals surface area contributed by atoms with E-state index in [0.717, 1.165) is 0 Å². The van der Waals surface area contributed by atoms with Gasteiger partial charge in [-0.15, -0.1) is 0 Å². The number of ether oxygens (including phenoxy) is 1. The van der Waals surface area contributed by atoms with Crippen molar-refractivity contribution in [3.05, 3.63) is 54.7 Å². The molecule has 0 radical (unpaired) electrons. The van der Waals surface area contributed by atoms with Gasteiger partial charge in [-0.1, -0.05) is 30.3 Å². The molecule has 2 N–H and O–H groups in total. The Balaban J connectivity index is 1.55. The second-order valence-electron chi connectivity index (χ2n) is 8.61. The third-order valence-electron chi connectivity index (χ3n) is 6.00. The zero-order valence-corrected chi connectivity index (χ0v) is 21.3. The van der Waals surface area contributed by atoms with Crippen LogP contribution in [0.4, 0.5) is 4.79 Å². The molecule has 0 saturated carbocycles. The Morgan fingerprint density at radius 2 is 1.77 bits per heavy atom. The normalized spacial score (nSPS) is 14.0. The fourth-order valence-electron chi connectivity index (χ4n) is 4.01. The molecule has 3 heterocycles. The van der Waals surface area contributed by atoms with Crippen molar-refractivity contribution < 1.29 is 29.0 Å². The molecule has 3 amide bonds. The number of hydrogen-bond acceptors (Lipinski definition) is 9. The minimum Gasteiger partial charge on any atom is -0.481 e. The molecule has 0 spiro atoms. The van der Waals surface area contributed by atoms with Gasteiger partial charge in [0.25, 0.3) is 5.91 Å². The van der Waals surface area contributed by atoms with Crippen molar-refractivity contribution in [3.8, 4) is 17.2 Å². The maximum atomic E-state index is 13.4. The Morgan fingerprint density at radius 3 is 2.41 bits per heavy atom. The minimum atomic E-state index is -1.12. The van der Waals surface area contributed by atoms with Crippen LogP contribution < -0.4 is 5.32 Å². The number of nitrogens with zero attached hydrogens (tertiary/aromatic N) is 7. The Hall–Kier alpha value is -4.88. The van der Waals surface area contributed by atoms with Crippen molar-refractivity contribution in [2.75, 3.05) is 32.8 Å². The lowest BCUT2D eigenvalue weighted by Crippen LogP contribution is -2.56. The number of aliphatic carboxylic acids is 1. The van der Waals surface area contributed by atoms with Gasteiger partial charge in [-0.25, -0.2) is 24.4 Å². The predicted octanol–water partition coefficient (Wildman–Crippen LogP) is 0.988. The number of aromatic nitrogens is 5. The zero-order chi connectivity index (χ0) is 27.8. The molecule has 4 rings (SSSR count). The lowest BCUT2D eigenvalue weighted by atomic mass is 10.1. The fourth-order valence-corrected chi connectivity index (χ4v) is 4.01. The lowest BCUT2D eigenvalue weighted by molar-refractivity contribution is -0.138. The molecule has 14 nitrogen and oxygen atoms in total. The molecule has 1 saturated heterocycles. The minimum absolute atomic E-state index is 0.0328. The predicted molar refractivity (Wildman–Crippen MR) is 136 cm³/mol. The molecule has 3 aromatic rings. The summed E-state index contributed by atoms with van der Waals surface area (Å²) in [6.45, 7) is 2.92. The number of carboxylic acid groups (broad SMARTS) is 1. The number of nitrogens with one attached hydrogen (secondary N) is 1. The van der Waals surface area contributed by atoms with Crippen LogP contribution in [-0.4, -0.2) is 102 Å². The standard InChI is InChI=1S/C25H28N8O6/c1-2-39-25(38)32-12-10-31(11-13-32)24(37)18(8-9-21(34)35)29-23(36)19-14-20(33-16-26-15-27-33)30-22(28-19)17-6-4-3-5-7-17/h3-7,14-16,18H,2,8-13H2,1H3,(H,29,36)(H,34,35)/t18-/m0/s1. The van der Waals surface area contributed by atoms with Crippen LogP contribution in [0.1, 0.15) is 30.3 Å². The van der Waals surface area contributed by atoms with Crippen LogP contribution >= 0.6 is 0 Å². The number of benzene rings is 1. The van der Waals surface area contributed by atoms with Gasteiger partial charge in [0.15, 0.2) is 11.6 Å². The summed E-state index contributed by atoms with van der Waals surface area (Å²) in [4.78, 5) is 65.8. The number of piperazine rings is 1. The molecule has 0 bridgehead atoms. The maximum absolute atomic E-state index is 13.4. The molecule has 0 unspecified atom stereocenters. The van der Waals surface area contributed by atoms with Crippen molar-refractivity contribution in [1.29, 1.82) is 0 Å². The first-order chi connectivity index (χ1) is 18.9. The second kappa shape index (κ2) is 12.6. The van der Waals surface area contributed by atoms with Crippen LogP contribution in [0, 0.1) is 0 Å². The molecule has 1 fully saturated rings. The number of carboxylic acids is 1. The van der Waals surface area contributed by atoms with E-state index in [2.05, 4.69) is 25.4 Å². The summed E-state index contributed by atoms with van der Waals surface area (Å²) in [5.74, 6) is -1.67. The molecule has 14 heteroatoms. The van der Waals surface area contributed by atoms with E-state index >= 15 is 0 Å². The van der Waals surface area contributed by atoms with Crippen LogP contribution in [0.15, 0.2) is 49.1 Å². The quantitative estimate of drug-likeness (QED) is 0.401. The Kier molecular flexibility index (Phi) is 8.76. The Morgan fingerprint density at radius 1 is 1.05 bits per heavy atom. The monoisotopic (exact) mass is 536 g/mol. The van der Waals surface area contributed by atoms with Gasteiger partial charge in [-0.05, 0) is 13.3 Å². The van der Waals surface area contributed by atoms with Crippen LogP contribution in [-0.2, 0) is 14.3 Å². The highest BCUT2D eigenvalue weighted by Crippen LogP contribution is 2.18. The van der Waals surface area contributed by atoms with E-state index in [-0.39, 0.29) is 63.0 Å². The Labute approximate surface area is 223 Å². The van der Waals surface area contributed by atoms with E-state index in [4.69, 9.17) is 4.74 Å². The summed E-state index contributed by atoms with van der Waals surface area (Å²) in [7, 11) is 0. The first-order valence-electron chi connectivity index (χ1n) is 12.4. The van der Waals surface area contributed by atoms with E-state index in [1.54, 1.807) is 19.1 Å². The SMILES string of the molecule is CCOC(=O)N1CCN(C(=O)[C@H](CCC(=O)O)NC(=O)c2cc(-n3cncn3)nc(-c3ccccc3)n2)CC1. The van der Waals surface area contributed by atoms with Crippen LogP contribution in [0.3, 0.4) is 0 Å². The molecule has 1 aliphatic heterocycles. The number of carbonyl (C=O) groups excluding carboxylic acids is 3. The number of amides is 3. The van der Waals surface area contributed by atoms with E-state index < -0.39 is 29.9 Å². The van der Waals surface area contributed by atoms with Crippen molar-refractivity contribution in [2.45, 2.75) is 25.8 Å². The summed E-state index contributed by atoms with van der Waals surface area (Å²) in [6.07, 6.45) is 1.84. The first kappa shape index (κ1) is 27.2. The third kappa shape index (κ3) is 6.91. The van der Waals surface area contributed by atoms with Crippen molar-refractivity contribution in [3.63, 3.8) is 0 Å². The van der Waals surface area contributed by atoms with Crippen molar-refractivity contribution in [2.24, 2.45) is 0 Å². The van der Waals surface area contributed by atoms with E-state index in [1.807, 2.05) is 18.2 Å². The van der Waals surface area contributed by atoms with Crippen LogP contribution in [0.2, 0.25) is 0 Å². The van der Waals surface area contributed by atoms with Gasteiger partial charge < -0.3 is 25.0 Å². The fraction of sp³-hybridized carbons (Fsp3) is 0.360. The molecule has 1 aromatic carbocycles. The summed E-state index contributed by atoms with van der Waals surface area (Å²) in [6, 6.07) is 9.32. The second-order valence-corrected chi connectivity index (χ2v) is 8.61. The topological polar surface area (TPSA) is 173 Å². The average molecular weight is 537 g/mol. The lowest BCUT2D eigenvalue weighted by Gasteiger charge is -2.35. The number of hydrogen-bond donors (Lipinski definition) is 2. The van der Waals surface area contributed by atoms with Gasteiger partial charge in [0.2, 0.25) is 5.91 Å². The van der Waals surface area contributed by atoms with E-state index in [9.17, 15) is 24.3 Å². The van der Waals surface area contributed by atoms with E-state index in [0.29, 0.717) is 5.56 Å². The third-order valence-corrected chi connectivity index (χ3v) is 6.00. The summed E-state index contributed by atoms with van der Waals surface area (Å²) < 4.78 is 6.38. The molecular formula is C25H28N8O6. The van der Waals surface area contributed by atoms with Gasteiger partial charge in [0.1, 0.15) is 24.4 Å². The zero-order valence-electron chi connectivity index (χ0n) is 21.3. The highest BCUT2D eigenvalue weighted by atomic mass is 16.6. The number of carbonyl (C=O) groups is 4. The summed E-state index contributed by atoms with van der Waals surface area (Å²) in [5.41, 5.74) is 0.626. The molecule has 204 valence electrons. The highest BCUT2D eigenvalue weighted by Gasteiger charge is 2.31. The summed E-state index contributed by atoms with van der Waals surface area (Å²) >= 11 is 0. The van der Waals surface area contributed by atoms with Crippen molar-refractivity contribution >= 4 is 23.9 Å². The molecule has 2 aromatic heterocycles. The van der Waals surface area contributed by atoms with Crippen LogP contribution in [0.25, 0.3) is 17.2 Å². The maximum Gasteiger partial charge on any atom is 0.409 e. The van der Waals surface area contributed by atoms with Crippen LogP contribution in [0.5, 0.6) is 0 Å². The average Bonchev–Trinajstić information content (AvgIpc) is 3.50. The van der Waals surface area contributed by atoms with Gasteiger partial charge in [-0.2, -0.15) is 5.10 Å². The largest absolute Gasteiger partial charge is 0.481 e. The molecule has 1 atom stereocenters. The summed E-state index contributed by atoms with van der Waals surface area (Å²) in [5, 5.41) is 16.0. The smallest absolute Gasteiger partial charge is 0.409 e. The number of rotatable bonds is 9. The first-order valence-corrected chi connectivity index (χ1v) is 12.4. The molecule has 39 heavy (non-hydrogen) atoms. The van der Waals surface area contributed by atoms with Crippen molar-refractivity contribution in [1.82, 2.24) is 39.8 Å². The Bertz CT molecular complexity index is 1310. The van der Waals surface area contributed by atoms with E-state index in [1.165, 1.54) is 33.2 Å². The molecule has 1 aliphatic rings. The molecule has 0 aliphatic carbocycles. The van der Waals surface area contributed by atoms with Gasteiger partial charge in [-0.3, -0.25) is 14.4 Å². The van der Waals surface area contributed by atoms with Gasteiger partial charge >= 0.3 is 12.1 Å². The van der Waals surface area contributed by atoms with Gasteiger partial charge in [0, 0.05) is 44.2 Å².